The summed E-state index contributed by atoms with van der Waals surface area (Å²) < 4.78 is 30.6. The molecule has 0 aliphatic carbocycles. The number of carbonyl (C=O) groups is 1. The standard InChI is InChI=1S/C12H15Cl2NO4S/c1-4-20(17,18)15(8(2)12(14)16)10-7-9(13)5-6-11(10)19-3/h5-8H,4H2,1-3H3. The maximum absolute atomic E-state index is 12.2. The van der Waals surface area contributed by atoms with E-state index in [9.17, 15) is 13.2 Å². The first-order valence-electron chi connectivity index (χ1n) is 5.79. The first-order valence-corrected chi connectivity index (χ1v) is 8.16. The van der Waals surface area contributed by atoms with Gasteiger partial charge < -0.3 is 4.74 Å². The maximum atomic E-state index is 12.2. The zero-order valence-electron chi connectivity index (χ0n) is 11.3. The van der Waals surface area contributed by atoms with Gasteiger partial charge in [-0.25, -0.2) is 8.42 Å². The Morgan fingerprint density at radius 2 is 2.05 bits per heavy atom. The number of hydrogen-bond acceptors (Lipinski definition) is 4. The summed E-state index contributed by atoms with van der Waals surface area (Å²) in [4.78, 5) is 11.4. The highest BCUT2D eigenvalue weighted by Crippen LogP contribution is 2.34. The number of carbonyl (C=O) groups excluding carboxylic acids is 1. The first-order chi connectivity index (χ1) is 9.24. The van der Waals surface area contributed by atoms with Crippen LogP contribution >= 0.6 is 23.2 Å². The summed E-state index contributed by atoms with van der Waals surface area (Å²) in [5, 5.41) is -0.463. The van der Waals surface area contributed by atoms with Crippen LogP contribution in [-0.2, 0) is 14.8 Å². The van der Waals surface area contributed by atoms with E-state index in [1.54, 1.807) is 6.07 Å². The Hall–Kier alpha value is -0.980. The summed E-state index contributed by atoms with van der Waals surface area (Å²) >= 11 is 11.4. The van der Waals surface area contributed by atoms with Crippen LogP contribution in [0.5, 0.6) is 5.75 Å². The van der Waals surface area contributed by atoms with Crippen molar-refractivity contribution in [2.24, 2.45) is 0 Å². The van der Waals surface area contributed by atoms with Gasteiger partial charge in [-0.15, -0.1) is 0 Å². The zero-order valence-corrected chi connectivity index (χ0v) is 13.6. The molecule has 0 bridgehead atoms. The molecular formula is C12H15Cl2NO4S. The number of halogens is 2. The van der Waals surface area contributed by atoms with Crippen LogP contribution in [0, 0.1) is 0 Å². The monoisotopic (exact) mass is 339 g/mol. The summed E-state index contributed by atoms with van der Waals surface area (Å²) in [5.74, 6) is 0.105. The summed E-state index contributed by atoms with van der Waals surface area (Å²) in [6.45, 7) is 2.88. The molecule has 0 fully saturated rings. The number of hydrogen-bond donors (Lipinski definition) is 0. The minimum Gasteiger partial charge on any atom is -0.495 e. The lowest BCUT2D eigenvalue weighted by Gasteiger charge is -2.29. The molecule has 1 unspecified atom stereocenters. The average Bonchev–Trinajstić information content (AvgIpc) is 2.38. The van der Waals surface area contributed by atoms with E-state index in [0.29, 0.717) is 5.02 Å². The van der Waals surface area contributed by atoms with Crippen LogP contribution in [0.4, 0.5) is 5.69 Å². The maximum Gasteiger partial charge on any atom is 0.245 e. The van der Waals surface area contributed by atoms with E-state index in [1.165, 1.54) is 33.1 Å². The molecule has 1 rings (SSSR count). The number of ether oxygens (including phenoxy) is 1. The highest BCUT2D eigenvalue weighted by molar-refractivity contribution is 7.92. The normalized spacial score (nSPS) is 12.8. The van der Waals surface area contributed by atoms with Crippen LogP contribution in [0.15, 0.2) is 18.2 Å². The van der Waals surface area contributed by atoms with Gasteiger partial charge in [-0.3, -0.25) is 9.10 Å². The largest absolute Gasteiger partial charge is 0.495 e. The van der Waals surface area contributed by atoms with Gasteiger partial charge in [-0.2, -0.15) is 0 Å². The molecule has 5 nitrogen and oxygen atoms in total. The minimum absolute atomic E-state index is 0.183. The third-order valence-corrected chi connectivity index (χ3v) is 5.12. The van der Waals surface area contributed by atoms with Crippen LogP contribution in [-0.4, -0.2) is 32.6 Å². The van der Waals surface area contributed by atoms with Crippen molar-refractivity contribution in [2.75, 3.05) is 17.2 Å². The lowest BCUT2D eigenvalue weighted by Crippen LogP contribution is -2.43. The summed E-state index contributed by atoms with van der Waals surface area (Å²) in [6, 6.07) is 3.45. The van der Waals surface area contributed by atoms with Gasteiger partial charge in [0.1, 0.15) is 11.8 Å². The van der Waals surface area contributed by atoms with Crippen molar-refractivity contribution in [1.82, 2.24) is 0 Å². The number of rotatable bonds is 6. The predicted octanol–water partition coefficient (Wildman–Crippen LogP) is 2.66. The number of anilines is 1. The van der Waals surface area contributed by atoms with Crippen LogP contribution < -0.4 is 9.04 Å². The molecule has 1 aromatic rings. The van der Waals surface area contributed by atoms with Gasteiger partial charge >= 0.3 is 0 Å². The number of benzene rings is 1. The highest BCUT2D eigenvalue weighted by atomic mass is 35.5. The number of sulfonamides is 1. The van der Waals surface area contributed by atoms with Gasteiger partial charge in [-0.1, -0.05) is 11.6 Å². The molecule has 0 amide bonds. The van der Waals surface area contributed by atoms with Crippen LogP contribution in [0.2, 0.25) is 5.02 Å². The third kappa shape index (κ3) is 3.56. The molecule has 0 saturated carbocycles. The second kappa shape index (κ2) is 6.65. The fraction of sp³-hybridized carbons (Fsp3) is 0.417. The van der Waals surface area contributed by atoms with Crippen molar-refractivity contribution >= 4 is 44.2 Å². The molecule has 0 aromatic heterocycles. The smallest absolute Gasteiger partial charge is 0.245 e. The quantitative estimate of drug-likeness (QED) is 0.747. The lowest BCUT2D eigenvalue weighted by atomic mass is 10.2. The summed E-state index contributed by atoms with van der Waals surface area (Å²) in [5.41, 5.74) is 0.184. The van der Waals surface area contributed by atoms with Gasteiger partial charge in [0.15, 0.2) is 0 Å². The molecule has 0 spiro atoms. The Morgan fingerprint density at radius 1 is 1.45 bits per heavy atom. The Labute approximate surface area is 128 Å². The Kier molecular flexibility index (Phi) is 5.68. The molecule has 0 N–H and O–H groups in total. The van der Waals surface area contributed by atoms with E-state index >= 15 is 0 Å². The van der Waals surface area contributed by atoms with Crippen LogP contribution in [0.1, 0.15) is 13.8 Å². The van der Waals surface area contributed by atoms with Crippen molar-refractivity contribution in [3.05, 3.63) is 23.2 Å². The zero-order chi connectivity index (χ0) is 15.5. The highest BCUT2D eigenvalue weighted by Gasteiger charge is 2.32. The molecule has 0 saturated heterocycles. The van der Waals surface area contributed by atoms with E-state index in [2.05, 4.69) is 0 Å². The predicted molar refractivity (Wildman–Crippen MR) is 80.3 cm³/mol. The van der Waals surface area contributed by atoms with Crippen molar-refractivity contribution in [2.45, 2.75) is 19.9 Å². The van der Waals surface area contributed by atoms with E-state index in [4.69, 9.17) is 27.9 Å². The molecule has 20 heavy (non-hydrogen) atoms. The first kappa shape index (κ1) is 17.1. The van der Waals surface area contributed by atoms with Crippen LogP contribution in [0.3, 0.4) is 0 Å². The van der Waals surface area contributed by atoms with E-state index < -0.39 is 21.3 Å². The third-order valence-electron chi connectivity index (χ3n) is 2.72. The Balaban J connectivity index is 3.53. The fourth-order valence-corrected chi connectivity index (χ4v) is 3.29. The van der Waals surface area contributed by atoms with Gasteiger partial charge in [0.05, 0.1) is 18.6 Å². The number of nitrogens with zero attached hydrogens (tertiary/aromatic N) is 1. The van der Waals surface area contributed by atoms with Crippen molar-refractivity contribution in [3.8, 4) is 5.75 Å². The fourth-order valence-electron chi connectivity index (χ4n) is 1.67. The molecule has 0 radical (unpaired) electrons. The Bertz CT molecular complexity index is 603. The van der Waals surface area contributed by atoms with E-state index in [1.807, 2.05) is 0 Å². The van der Waals surface area contributed by atoms with Gasteiger partial charge in [-0.05, 0) is 43.6 Å². The second-order valence-electron chi connectivity index (χ2n) is 3.99. The Morgan fingerprint density at radius 3 is 2.50 bits per heavy atom. The molecule has 1 aromatic carbocycles. The lowest BCUT2D eigenvalue weighted by molar-refractivity contribution is -0.112. The van der Waals surface area contributed by atoms with E-state index in [-0.39, 0.29) is 17.2 Å². The molecule has 112 valence electrons. The molecule has 0 aliphatic heterocycles. The summed E-state index contributed by atoms with van der Waals surface area (Å²) in [7, 11) is -2.32. The second-order valence-corrected chi connectivity index (χ2v) is 6.94. The average molecular weight is 340 g/mol. The molecule has 1 atom stereocenters. The summed E-state index contributed by atoms with van der Waals surface area (Å²) in [6.07, 6.45) is 0. The van der Waals surface area contributed by atoms with Crippen LogP contribution in [0.25, 0.3) is 0 Å². The van der Waals surface area contributed by atoms with Crippen molar-refractivity contribution in [3.63, 3.8) is 0 Å². The van der Waals surface area contributed by atoms with Crippen molar-refractivity contribution in [1.29, 1.82) is 0 Å². The van der Waals surface area contributed by atoms with Crippen molar-refractivity contribution < 1.29 is 17.9 Å². The minimum atomic E-state index is -3.72. The van der Waals surface area contributed by atoms with Gasteiger partial charge in [0.25, 0.3) is 0 Å². The molecule has 8 heteroatoms. The molecule has 0 aliphatic rings. The molecular weight excluding hydrogens is 325 g/mol. The SMILES string of the molecule is CCS(=O)(=O)N(c1cc(Cl)ccc1OC)C(C)C(=O)Cl. The van der Waals surface area contributed by atoms with E-state index in [0.717, 1.165) is 4.31 Å². The van der Waals surface area contributed by atoms with Gasteiger partial charge in [0.2, 0.25) is 15.3 Å². The van der Waals surface area contributed by atoms with Gasteiger partial charge in [0, 0.05) is 5.02 Å². The topological polar surface area (TPSA) is 63.7 Å². The number of methoxy groups -OCH3 is 1. The molecule has 0 heterocycles.